The molecule has 0 saturated heterocycles. The van der Waals surface area contributed by atoms with E-state index in [0.29, 0.717) is 0 Å². The molecule has 0 amide bonds. The fourth-order valence-electron chi connectivity index (χ4n) is 2.17. The summed E-state index contributed by atoms with van der Waals surface area (Å²) in [5.41, 5.74) is 4.50. The summed E-state index contributed by atoms with van der Waals surface area (Å²) in [5, 5.41) is 3.14. The summed E-state index contributed by atoms with van der Waals surface area (Å²) in [6, 6.07) is 6.21. The predicted molar refractivity (Wildman–Crippen MR) is 72.7 cm³/mol. The second-order valence-corrected chi connectivity index (χ2v) is 4.37. The van der Waals surface area contributed by atoms with Crippen LogP contribution in [0, 0.1) is 6.92 Å². The van der Waals surface area contributed by atoms with Crippen LogP contribution in [0.2, 0.25) is 0 Å². The Hall–Kier alpha value is -1.81. The molecule has 0 radical (unpaired) electrons. The van der Waals surface area contributed by atoms with Crippen molar-refractivity contribution in [1.29, 1.82) is 0 Å². The van der Waals surface area contributed by atoms with Gasteiger partial charge in [-0.25, -0.2) is 4.98 Å². The summed E-state index contributed by atoms with van der Waals surface area (Å²) < 4.78 is 7.34. The molecule has 1 aromatic carbocycles. The number of nitrogens with one attached hydrogen (secondary N) is 1. The fraction of sp³-hybridized carbons (Fsp3) is 0.357. The molecule has 96 valence electrons. The molecule has 0 aliphatic carbocycles. The number of hydrogen-bond acceptors (Lipinski definition) is 3. The Labute approximate surface area is 108 Å². The molecule has 0 saturated carbocycles. The molecule has 0 fully saturated rings. The van der Waals surface area contributed by atoms with Gasteiger partial charge < -0.3 is 14.6 Å². The predicted octanol–water partition coefficient (Wildman–Crippen LogP) is 2.12. The summed E-state index contributed by atoms with van der Waals surface area (Å²) in [4.78, 5) is 4.42. The van der Waals surface area contributed by atoms with E-state index < -0.39 is 0 Å². The highest BCUT2D eigenvalue weighted by Gasteiger charge is 2.11. The molecule has 2 rings (SSSR count). The first kappa shape index (κ1) is 12.6. The van der Waals surface area contributed by atoms with E-state index in [0.717, 1.165) is 29.2 Å². The first-order valence-corrected chi connectivity index (χ1v) is 5.97. The van der Waals surface area contributed by atoms with Gasteiger partial charge in [-0.05, 0) is 37.7 Å². The molecular formula is C14H19N3O. The van der Waals surface area contributed by atoms with E-state index in [2.05, 4.69) is 29.4 Å². The zero-order valence-corrected chi connectivity index (χ0v) is 11.3. The van der Waals surface area contributed by atoms with Gasteiger partial charge in [-0.15, -0.1) is 0 Å². The zero-order chi connectivity index (χ0) is 13.1. The third-order valence-corrected chi connectivity index (χ3v) is 3.03. The van der Waals surface area contributed by atoms with E-state index in [9.17, 15) is 0 Å². The average Bonchev–Trinajstić information content (AvgIpc) is 2.71. The fourth-order valence-corrected chi connectivity index (χ4v) is 2.17. The van der Waals surface area contributed by atoms with Gasteiger partial charge in [-0.1, -0.05) is 0 Å². The SMILES string of the molecule is CNCc1ncn(C)c1-c1ccc(OC)c(C)c1. The maximum Gasteiger partial charge on any atom is 0.121 e. The summed E-state index contributed by atoms with van der Waals surface area (Å²) in [5.74, 6) is 0.913. The van der Waals surface area contributed by atoms with Crippen LogP contribution in [0.3, 0.4) is 0 Å². The Bertz CT molecular complexity index is 546. The maximum atomic E-state index is 5.29. The van der Waals surface area contributed by atoms with E-state index in [1.807, 2.05) is 31.1 Å². The molecule has 4 nitrogen and oxygen atoms in total. The van der Waals surface area contributed by atoms with Crippen LogP contribution in [-0.4, -0.2) is 23.7 Å². The van der Waals surface area contributed by atoms with E-state index >= 15 is 0 Å². The Morgan fingerprint density at radius 1 is 1.39 bits per heavy atom. The first-order valence-electron chi connectivity index (χ1n) is 5.97. The summed E-state index contributed by atoms with van der Waals surface area (Å²) in [7, 11) is 5.64. The Balaban J connectivity index is 2.48. The van der Waals surface area contributed by atoms with Crippen LogP contribution in [0.15, 0.2) is 24.5 Å². The molecule has 0 spiro atoms. The third kappa shape index (κ3) is 2.24. The number of ether oxygens (including phenoxy) is 1. The van der Waals surface area contributed by atoms with Crippen molar-refractivity contribution in [2.75, 3.05) is 14.2 Å². The summed E-state index contributed by atoms with van der Waals surface area (Å²) >= 11 is 0. The lowest BCUT2D eigenvalue weighted by Gasteiger charge is -2.10. The molecule has 1 N–H and O–H groups in total. The number of rotatable bonds is 4. The highest BCUT2D eigenvalue weighted by atomic mass is 16.5. The van der Waals surface area contributed by atoms with Crippen molar-refractivity contribution in [2.45, 2.75) is 13.5 Å². The van der Waals surface area contributed by atoms with Crippen LogP contribution in [-0.2, 0) is 13.6 Å². The van der Waals surface area contributed by atoms with E-state index in [1.165, 1.54) is 5.56 Å². The van der Waals surface area contributed by atoms with E-state index in [1.54, 1.807) is 7.11 Å². The zero-order valence-electron chi connectivity index (χ0n) is 11.3. The van der Waals surface area contributed by atoms with Crippen LogP contribution in [0.25, 0.3) is 11.3 Å². The lowest BCUT2D eigenvalue weighted by molar-refractivity contribution is 0.412. The molecule has 0 aliphatic rings. The van der Waals surface area contributed by atoms with Crippen LogP contribution in [0.1, 0.15) is 11.3 Å². The lowest BCUT2D eigenvalue weighted by Crippen LogP contribution is -2.07. The second-order valence-electron chi connectivity index (χ2n) is 4.37. The molecular weight excluding hydrogens is 226 g/mol. The molecule has 18 heavy (non-hydrogen) atoms. The smallest absolute Gasteiger partial charge is 0.121 e. The normalized spacial score (nSPS) is 10.7. The van der Waals surface area contributed by atoms with Gasteiger partial charge in [0.25, 0.3) is 0 Å². The Morgan fingerprint density at radius 2 is 2.17 bits per heavy atom. The summed E-state index contributed by atoms with van der Waals surface area (Å²) in [6.45, 7) is 2.82. The Morgan fingerprint density at radius 3 is 2.78 bits per heavy atom. The summed E-state index contributed by atoms with van der Waals surface area (Å²) in [6.07, 6.45) is 1.85. The molecule has 1 aromatic heterocycles. The number of benzene rings is 1. The minimum atomic E-state index is 0.765. The highest BCUT2D eigenvalue weighted by molar-refractivity contribution is 5.65. The van der Waals surface area contributed by atoms with Crippen molar-refractivity contribution in [1.82, 2.24) is 14.9 Å². The van der Waals surface area contributed by atoms with Crippen molar-refractivity contribution >= 4 is 0 Å². The van der Waals surface area contributed by atoms with Crippen LogP contribution in [0.5, 0.6) is 5.75 Å². The van der Waals surface area contributed by atoms with Gasteiger partial charge >= 0.3 is 0 Å². The average molecular weight is 245 g/mol. The number of aromatic nitrogens is 2. The van der Waals surface area contributed by atoms with Gasteiger partial charge in [0, 0.05) is 19.2 Å². The third-order valence-electron chi connectivity index (χ3n) is 3.03. The van der Waals surface area contributed by atoms with Gasteiger partial charge in [0.15, 0.2) is 0 Å². The highest BCUT2D eigenvalue weighted by Crippen LogP contribution is 2.27. The van der Waals surface area contributed by atoms with Gasteiger partial charge in [0.2, 0.25) is 0 Å². The van der Waals surface area contributed by atoms with Gasteiger partial charge in [-0.2, -0.15) is 0 Å². The van der Waals surface area contributed by atoms with Crippen LogP contribution < -0.4 is 10.1 Å². The van der Waals surface area contributed by atoms with Gasteiger partial charge in [-0.3, -0.25) is 0 Å². The number of hydrogen-bond donors (Lipinski definition) is 1. The molecule has 2 aromatic rings. The Kier molecular flexibility index (Phi) is 3.67. The van der Waals surface area contributed by atoms with E-state index in [4.69, 9.17) is 4.74 Å². The molecule has 4 heteroatoms. The molecule has 1 heterocycles. The number of methoxy groups -OCH3 is 1. The molecule has 0 bridgehead atoms. The minimum absolute atomic E-state index is 0.765. The topological polar surface area (TPSA) is 39.1 Å². The van der Waals surface area contributed by atoms with Crippen LogP contribution in [0.4, 0.5) is 0 Å². The van der Waals surface area contributed by atoms with Crippen LogP contribution >= 0.6 is 0 Å². The monoisotopic (exact) mass is 245 g/mol. The second kappa shape index (κ2) is 5.23. The quantitative estimate of drug-likeness (QED) is 0.896. The number of nitrogens with zero attached hydrogens (tertiary/aromatic N) is 2. The van der Waals surface area contributed by atoms with Crippen molar-refractivity contribution in [2.24, 2.45) is 7.05 Å². The number of aryl methyl sites for hydroxylation is 2. The van der Waals surface area contributed by atoms with Gasteiger partial charge in [0.1, 0.15) is 5.75 Å². The van der Waals surface area contributed by atoms with E-state index in [-0.39, 0.29) is 0 Å². The number of imidazole rings is 1. The van der Waals surface area contributed by atoms with Crippen molar-refractivity contribution in [3.05, 3.63) is 35.8 Å². The standard InChI is InChI=1S/C14H19N3O/c1-10-7-11(5-6-13(10)18-4)14-12(8-15-2)16-9-17(14)3/h5-7,9,15H,8H2,1-4H3. The minimum Gasteiger partial charge on any atom is -0.496 e. The van der Waals surface area contributed by atoms with Crippen molar-refractivity contribution in [3.8, 4) is 17.0 Å². The van der Waals surface area contributed by atoms with Crippen molar-refractivity contribution < 1.29 is 4.74 Å². The van der Waals surface area contributed by atoms with Gasteiger partial charge in [0.05, 0.1) is 24.8 Å². The molecule has 0 atom stereocenters. The first-order chi connectivity index (χ1) is 8.67. The maximum absolute atomic E-state index is 5.29. The van der Waals surface area contributed by atoms with Crippen molar-refractivity contribution in [3.63, 3.8) is 0 Å². The molecule has 0 unspecified atom stereocenters. The largest absolute Gasteiger partial charge is 0.496 e. The lowest BCUT2D eigenvalue weighted by atomic mass is 10.1. The molecule has 0 aliphatic heterocycles.